The lowest BCUT2D eigenvalue weighted by atomic mass is 10.2. The molecule has 8 heteroatoms. The van der Waals surface area contributed by atoms with Gasteiger partial charge in [-0.05, 0) is 18.2 Å². The van der Waals surface area contributed by atoms with Crippen molar-refractivity contribution in [2.45, 2.75) is 13.2 Å². The third-order valence-electron chi connectivity index (χ3n) is 4.02. The Kier molecular flexibility index (Phi) is 3.12. The van der Waals surface area contributed by atoms with E-state index in [1.807, 2.05) is 29.8 Å². The first kappa shape index (κ1) is 13.9. The smallest absolute Gasteiger partial charge is 0.358 e. The van der Waals surface area contributed by atoms with E-state index in [1.165, 1.54) is 7.11 Å². The molecule has 8 nitrogen and oxygen atoms in total. The maximum atomic E-state index is 12.0. The average Bonchev–Trinajstić information content (AvgIpc) is 3.15. The number of carbonyl (C=O) groups excluding carboxylic acids is 1. The van der Waals surface area contributed by atoms with Gasteiger partial charge in [-0.3, -0.25) is 0 Å². The highest BCUT2D eigenvalue weighted by atomic mass is 16.5. The zero-order valence-electron chi connectivity index (χ0n) is 12.8. The summed E-state index contributed by atoms with van der Waals surface area (Å²) in [6.45, 7) is 1.59. The minimum absolute atomic E-state index is 0.307. The second-order valence-corrected chi connectivity index (χ2v) is 5.34. The molecule has 1 aliphatic rings. The topological polar surface area (TPSA) is 84.1 Å². The molecule has 2 aromatic heterocycles. The third kappa shape index (κ3) is 2.10. The molecule has 3 aromatic rings. The lowest BCUT2D eigenvalue weighted by molar-refractivity contribution is 0.0570. The van der Waals surface area contributed by atoms with Crippen LogP contribution in [0, 0.1) is 0 Å². The number of methoxy groups -OCH3 is 1. The maximum Gasteiger partial charge on any atom is 0.358 e. The van der Waals surface area contributed by atoms with Crippen LogP contribution >= 0.6 is 0 Å². The largest absolute Gasteiger partial charge is 0.464 e. The van der Waals surface area contributed by atoms with E-state index in [0.29, 0.717) is 25.5 Å². The Labute approximate surface area is 131 Å². The first-order valence-electron chi connectivity index (χ1n) is 7.24. The molecule has 0 aliphatic carbocycles. The van der Waals surface area contributed by atoms with E-state index >= 15 is 0 Å². The van der Waals surface area contributed by atoms with Gasteiger partial charge in [-0.15, -0.1) is 5.10 Å². The van der Waals surface area contributed by atoms with Gasteiger partial charge in [0.05, 0.1) is 31.5 Å². The molecule has 0 saturated carbocycles. The normalized spacial score (nSPS) is 14.0. The van der Waals surface area contributed by atoms with Gasteiger partial charge in [0.2, 0.25) is 0 Å². The molecular formula is C15H15N5O3. The van der Waals surface area contributed by atoms with Gasteiger partial charge in [0, 0.05) is 19.2 Å². The standard InChI is InChI=1S/C15H15N5O3/c1-19-11-4-3-9(7-10(11)17-18-19)14-16-13(15(21)22-2)12-8-23-6-5-20(12)14/h3-4,7H,5-6,8H2,1-2H3. The van der Waals surface area contributed by atoms with Crippen molar-refractivity contribution in [2.75, 3.05) is 13.7 Å². The summed E-state index contributed by atoms with van der Waals surface area (Å²) in [5, 5.41) is 8.14. The van der Waals surface area contributed by atoms with Crippen molar-refractivity contribution in [1.29, 1.82) is 0 Å². The zero-order chi connectivity index (χ0) is 16.0. The van der Waals surface area contributed by atoms with E-state index in [2.05, 4.69) is 15.3 Å². The van der Waals surface area contributed by atoms with Gasteiger partial charge >= 0.3 is 5.97 Å². The number of rotatable bonds is 2. The summed E-state index contributed by atoms with van der Waals surface area (Å²) in [5.74, 6) is 0.266. The monoisotopic (exact) mass is 313 g/mol. The van der Waals surface area contributed by atoms with Crippen LogP contribution in [-0.2, 0) is 29.7 Å². The van der Waals surface area contributed by atoms with E-state index < -0.39 is 5.97 Å². The van der Waals surface area contributed by atoms with Crippen LogP contribution in [-0.4, -0.2) is 44.2 Å². The summed E-state index contributed by atoms with van der Waals surface area (Å²) in [7, 11) is 3.20. The lowest BCUT2D eigenvalue weighted by Gasteiger charge is -2.17. The van der Waals surface area contributed by atoms with Crippen LogP contribution in [0.2, 0.25) is 0 Å². The number of nitrogens with zero attached hydrogens (tertiary/aromatic N) is 5. The fourth-order valence-corrected chi connectivity index (χ4v) is 2.86. The molecule has 0 amide bonds. The van der Waals surface area contributed by atoms with Crippen molar-refractivity contribution in [3.63, 3.8) is 0 Å². The Hall–Kier alpha value is -2.74. The molecule has 0 radical (unpaired) electrons. The Balaban J connectivity index is 1.89. The van der Waals surface area contributed by atoms with Gasteiger partial charge in [-0.2, -0.15) is 0 Å². The molecule has 118 valence electrons. The first-order valence-corrected chi connectivity index (χ1v) is 7.24. The van der Waals surface area contributed by atoms with Crippen molar-refractivity contribution in [1.82, 2.24) is 24.5 Å². The minimum Gasteiger partial charge on any atom is -0.464 e. The van der Waals surface area contributed by atoms with Gasteiger partial charge in [-0.1, -0.05) is 5.21 Å². The van der Waals surface area contributed by atoms with Crippen LogP contribution in [0.15, 0.2) is 18.2 Å². The van der Waals surface area contributed by atoms with E-state index in [4.69, 9.17) is 9.47 Å². The molecule has 0 spiro atoms. The summed E-state index contributed by atoms with van der Waals surface area (Å²) in [6.07, 6.45) is 0. The quantitative estimate of drug-likeness (QED) is 0.660. The van der Waals surface area contributed by atoms with Crippen LogP contribution in [0.4, 0.5) is 0 Å². The number of esters is 1. The predicted molar refractivity (Wildman–Crippen MR) is 80.7 cm³/mol. The second-order valence-electron chi connectivity index (χ2n) is 5.34. The Morgan fingerprint density at radius 2 is 2.26 bits per heavy atom. The molecule has 3 heterocycles. The highest BCUT2D eigenvalue weighted by molar-refractivity contribution is 5.90. The van der Waals surface area contributed by atoms with E-state index in [1.54, 1.807) is 4.68 Å². The molecule has 0 N–H and O–H groups in total. The molecule has 1 aliphatic heterocycles. The summed E-state index contributed by atoms with van der Waals surface area (Å²) in [5.41, 5.74) is 3.67. The molecule has 1 aromatic carbocycles. The van der Waals surface area contributed by atoms with Crippen LogP contribution in [0.3, 0.4) is 0 Å². The molecular weight excluding hydrogens is 298 g/mol. The Morgan fingerprint density at radius 3 is 3.09 bits per heavy atom. The summed E-state index contributed by atoms with van der Waals surface area (Å²) in [6, 6.07) is 5.83. The number of hydrogen-bond donors (Lipinski definition) is 0. The summed E-state index contributed by atoms with van der Waals surface area (Å²) < 4.78 is 14.0. The Bertz CT molecular complexity index is 911. The van der Waals surface area contributed by atoms with E-state index in [0.717, 1.165) is 28.1 Å². The van der Waals surface area contributed by atoms with Crippen molar-refractivity contribution < 1.29 is 14.3 Å². The second kappa shape index (κ2) is 5.17. The summed E-state index contributed by atoms with van der Waals surface area (Å²) >= 11 is 0. The van der Waals surface area contributed by atoms with E-state index in [9.17, 15) is 4.79 Å². The van der Waals surface area contributed by atoms with Crippen LogP contribution in [0.1, 0.15) is 16.2 Å². The van der Waals surface area contributed by atoms with Crippen molar-refractivity contribution in [2.24, 2.45) is 7.05 Å². The SMILES string of the molecule is COC(=O)c1nc(-c2ccc3c(c2)nnn3C)n2c1COCC2. The number of hydrogen-bond acceptors (Lipinski definition) is 6. The zero-order valence-corrected chi connectivity index (χ0v) is 12.8. The molecule has 4 rings (SSSR count). The third-order valence-corrected chi connectivity index (χ3v) is 4.02. The highest BCUT2D eigenvalue weighted by Crippen LogP contribution is 2.27. The van der Waals surface area contributed by atoms with Crippen molar-refractivity contribution >= 4 is 17.0 Å². The van der Waals surface area contributed by atoms with Crippen molar-refractivity contribution in [3.05, 3.63) is 29.6 Å². The molecule has 23 heavy (non-hydrogen) atoms. The van der Waals surface area contributed by atoms with Gasteiger partial charge < -0.3 is 14.0 Å². The molecule has 0 bridgehead atoms. The fourth-order valence-electron chi connectivity index (χ4n) is 2.86. The predicted octanol–water partition coefficient (Wildman–Crippen LogP) is 1.15. The maximum absolute atomic E-state index is 12.0. The fraction of sp³-hybridized carbons (Fsp3) is 0.333. The molecule has 0 unspecified atom stereocenters. The van der Waals surface area contributed by atoms with Gasteiger partial charge in [0.25, 0.3) is 0 Å². The van der Waals surface area contributed by atoms with E-state index in [-0.39, 0.29) is 0 Å². The molecule has 0 saturated heterocycles. The van der Waals surface area contributed by atoms with Gasteiger partial charge in [0.15, 0.2) is 5.69 Å². The Morgan fingerprint density at radius 1 is 1.39 bits per heavy atom. The number of ether oxygens (including phenoxy) is 2. The molecule has 0 atom stereocenters. The molecule has 0 fully saturated rings. The number of aryl methyl sites for hydroxylation is 1. The van der Waals surface area contributed by atoms with Crippen LogP contribution < -0.4 is 0 Å². The van der Waals surface area contributed by atoms with Crippen LogP contribution in [0.5, 0.6) is 0 Å². The van der Waals surface area contributed by atoms with Gasteiger partial charge in [-0.25, -0.2) is 14.5 Å². The summed E-state index contributed by atoms with van der Waals surface area (Å²) in [4.78, 5) is 16.5. The lowest BCUT2D eigenvalue weighted by Crippen LogP contribution is -2.19. The van der Waals surface area contributed by atoms with Crippen molar-refractivity contribution in [3.8, 4) is 11.4 Å². The highest BCUT2D eigenvalue weighted by Gasteiger charge is 2.26. The number of carbonyl (C=O) groups is 1. The average molecular weight is 313 g/mol. The first-order chi connectivity index (χ1) is 11.2. The van der Waals surface area contributed by atoms with Gasteiger partial charge in [0.1, 0.15) is 11.3 Å². The number of imidazole rings is 1. The van der Waals surface area contributed by atoms with Crippen LogP contribution in [0.25, 0.3) is 22.4 Å². The number of benzene rings is 1. The minimum atomic E-state index is -0.453. The number of aromatic nitrogens is 5. The number of fused-ring (bicyclic) bond motifs is 2.